The Balaban J connectivity index is 1.59. The largest absolute Gasteiger partial charge is 0.481 e. The summed E-state index contributed by atoms with van der Waals surface area (Å²) in [4.78, 5) is 11.9. The molecule has 1 N–H and O–H groups in total. The van der Waals surface area contributed by atoms with E-state index in [-0.39, 0.29) is 29.1 Å². The minimum atomic E-state index is -0.478. The van der Waals surface area contributed by atoms with Crippen molar-refractivity contribution < 1.29 is 13.9 Å². The molecule has 0 aromatic heterocycles. The molecular weight excluding hydrogens is 295 g/mol. The lowest BCUT2D eigenvalue weighted by Crippen LogP contribution is -2.35. The fourth-order valence-corrected chi connectivity index (χ4v) is 3.96. The first-order chi connectivity index (χ1) is 10.8. The summed E-state index contributed by atoms with van der Waals surface area (Å²) in [5, 5.41) is 4.35. The molecule has 2 fully saturated rings. The van der Waals surface area contributed by atoms with E-state index < -0.39 is 5.82 Å². The summed E-state index contributed by atoms with van der Waals surface area (Å²) < 4.78 is 18.6. The predicted octanol–water partition coefficient (Wildman–Crippen LogP) is 3.52. The molecule has 0 heterocycles. The highest BCUT2D eigenvalue weighted by Gasteiger charge is 2.59. The fraction of sp³-hybridized carbons (Fsp3) is 0.556. The monoisotopic (exact) mass is 318 g/mol. The Labute approximate surface area is 136 Å². The van der Waals surface area contributed by atoms with Gasteiger partial charge in [-0.15, -0.1) is 0 Å². The smallest absolute Gasteiger partial charge is 0.277 e. The maximum absolute atomic E-state index is 13.4. The molecule has 2 bridgehead atoms. The van der Waals surface area contributed by atoms with Gasteiger partial charge in [-0.1, -0.05) is 32.9 Å². The molecule has 2 aliphatic carbocycles. The molecule has 4 nitrogen and oxygen atoms in total. The lowest BCUT2D eigenvalue weighted by atomic mass is 9.70. The van der Waals surface area contributed by atoms with Gasteiger partial charge in [-0.2, -0.15) is 5.10 Å². The van der Waals surface area contributed by atoms with Crippen LogP contribution in [0.25, 0.3) is 0 Å². The zero-order valence-electron chi connectivity index (χ0n) is 13.9. The van der Waals surface area contributed by atoms with Crippen molar-refractivity contribution >= 4 is 11.6 Å². The van der Waals surface area contributed by atoms with Crippen LogP contribution in [0.3, 0.4) is 0 Å². The Kier molecular flexibility index (Phi) is 3.90. The first-order valence-electron chi connectivity index (χ1n) is 8.08. The van der Waals surface area contributed by atoms with Crippen LogP contribution in [0.5, 0.6) is 5.75 Å². The summed E-state index contributed by atoms with van der Waals surface area (Å²) in [7, 11) is 0. The third-order valence-corrected chi connectivity index (χ3v) is 6.02. The summed E-state index contributed by atoms with van der Waals surface area (Å²) in [6.45, 7) is 6.56. The SMILES string of the molecule is CC1(C)[C@@H]2CC[C@]1(C)/C(=N/NC(=O)COc1ccccc1F)C2. The molecule has 1 amide bonds. The van der Waals surface area contributed by atoms with Crippen molar-refractivity contribution in [2.45, 2.75) is 40.0 Å². The molecule has 3 rings (SSSR count). The van der Waals surface area contributed by atoms with Gasteiger partial charge in [-0.05, 0) is 42.7 Å². The molecule has 5 heteroatoms. The van der Waals surface area contributed by atoms with E-state index in [1.165, 1.54) is 18.6 Å². The van der Waals surface area contributed by atoms with Crippen molar-refractivity contribution in [2.24, 2.45) is 21.8 Å². The number of carbonyl (C=O) groups is 1. The average Bonchev–Trinajstić information content (AvgIpc) is 2.85. The highest BCUT2D eigenvalue weighted by molar-refractivity contribution is 5.95. The number of ether oxygens (including phenoxy) is 1. The van der Waals surface area contributed by atoms with Crippen molar-refractivity contribution in [1.29, 1.82) is 0 Å². The van der Waals surface area contributed by atoms with Crippen LogP contribution >= 0.6 is 0 Å². The lowest BCUT2D eigenvalue weighted by Gasteiger charge is -2.34. The van der Waals surface area contributed by atoms with E-state index in [9.17, 15) is 9.18 Å². The van der Waals surface area contributed by atoms with Gasteiger partial charge in [0.1, 0.15) is 0 Å². The summed E-state index contributed by atoms with van der Waals surface area (Å²) in [6.07, 6.45) is 3.29. The van der Waals surface area contributed by atoms with E-state index >= 15 is 0 Å². The number of fused-ring (bicyclic) bond motifs is 2. The van der Waals surface area contributed by atoms with E-state index in [0.29, 0.717) is 5.92 Å². The van der Waals surface area contributed by atoms with Crippen molar-refractivity contribution in [2.75, 3.05) is 6.61 Å². The zero-order valence-corrected chi connectivity index (χ0v) is 13.9. The Hall–Kier alpha value is -1.91. The summed E-state index contributed by atoms with van der Waals surface area (Å²) in [5.41, 5.74) is 3.91. The quantitative estimate of drug-likeness (QED) is 0.864. The molecule has 0 spiro atoms. The number of benzene rings is 1. The van der Waals surface area contributed by atoms with Gasteiger partial charge < -0.3 is 4.74 Å². The van der Waals surface area contributed by atoms with Crippen LogP contribution in [0, 0.1) is 22.6 Å². The van der Waals surface area contributed by atoms with Crippen molar-refractivity contribution in [3.8, 4) is 5.75 Å². The van der Waals surface area contributed by atoms with Gasteiger partial charge in [0, 0.05) is 11.1 Å². The average molecular weight is 318 g/mol. The van der Waals surface area contributed by atoms with E-state index in [2.05, 4.69) is 31.3 Å². The number of halogens is 1. The molecule has 1 aromatic carbocycles. The highest BCUT2D eigenvalue weighted by Crippen LogP contribution is 2.63. The van der Waals surface area contributed by atoms with Crippen molar-refractivity contribution in [3.63, 3.8) is 0 Å². The number of nitrogens with one attached hydrogen (secondary N) is 1. The number of nitrogens with zero attached hydrogens (tertiary/aromatic N) is 1. The van der Waals surface area contributed by atoms with E-state index in [4.69, 9.17) is 4.74 Å². The number of hydrazone groups is 1. The van der Waals surface area contributed by atoms with Gasteiger partial charge in [0.15, 0.2) is 18.2 Å². The van der Waals surface area contributed by atoms with Crippen LogP contribution in [-0.2, 0) is 4.79 Å². The van der Waals surface area contributed by atoms with Crippen LogP contribution in [0.4, 0.5) is 4.39 Å². The highest BCUT2D eigenvalue weighted by atomic mass is 19.1. The van der Waals surface area contributed by atoms with Crippen LogP contribution in [0.15, 0.2) is 29.4 Å². The predicted molar refractivity (Wildman–Crippen MR) is 86.7 cm³/mol. The second kappa shape index (κ2) is 5.62. The maximum Gasteiger partial charge on any atom is 0.277 e. The zero-order chi connectivity index (χ0) is 16.7. The normalized spacial score (nSPS) is 29.7. The van der Waals surface area contributed by atoms with Crippen LogP contribution in [-0.4, -0.2) is 18.2 Å². The van der Waals surface area contributed by atoms with Gasteiger partial charge in [0.25, 0.3) is 5.91 Å². The first kappa shape index (κ1) is 16.0. The van der Waals surface area contributed by atoms with Crippen molar-refractivity contribution in [3.05, 3.63) is 30.1 Å². The summed E-state index contributed by atoms with van der Waals surface area (Å²) in [5.74, 6) is -0.139. The third kappa shape index (κ3) is 2.62. The molecule has 0 aliphatic heterocycles. The number of hydrogen-bond acceptors (Lipinski definition) is 3. The molecular formula is C18H23FN2O2. The number of amides is 1. The topological polar surface area (TPSA) is 50.7 Å². The third-order valence-electron chi connectivity index (χ3n) is 6.02. The number of rotatable bonds is 4. The Morgan fingerprint density at radius 1 is 1.39 bits per heavy atom. The molecule has 124 valence electrons. The lowest BCUT2D eigenvalue weighted by molar-refractivity contribution is -0.123. The fourth-order valence-electron chi connectivity index (χ4n) is 3.96. The second-order valence-electron chi connectivity index (χ2n) is 7.31. The Bertz CT molecular complexity index is 656. The molecule has 0 radical (unpaired) electrons. The molecule has 0 unspecified atom stereocenters. The molecule has 2 atom stereocenters. The molecule has 0 saturated heterocycles. The summed E-state index contributed by atoms with van der Waals surface area (Å²) in [6, 6.07) is 6.03. The molecule has 2 aliphatic rings. The van der Waals surface area contributed by atoms with Gasteiger partial charge >= 0.3 is 0 Å². The molecule has 1 aromatic rings. The maximum atomic E-state index is 13.4. The standard InChI is InChI=1S/C18H23FN2O2/c1-17(2)12-8-9-18(17,3)15(10-12)20-21-16(22)11-23-14-7-5-4-6-13(14)19/h4-7,12H,8-11H2,1-3H3,(H,21,22)/b20-15+/t12-,18-/m1/s1. The van der Waals surface area contributed by atoms with E-state index in [1.807, 2.05) is 0 Å². The number of hydrogen-bond donors (Lipinski definition) is 1. The van der Waals surface area contributed by atoms with Crippen LogP contribution < -0.4 is 10.2 Å². The number of carbonyl (C=O) groups excluding carboxylic acids is 1. The minimum Gasteiger partial charge on any atom is -0.481 e. The summed E-state index contributed by atoms with van der Waals surface area (Å²) >= 11 is 0. The Morgan fingerprint density at radius 2 is 2.13 bits per heavy atom. The second-order valence-corrected chi connectivity index (χ2v) is 7.31. The minimum absolute atomic E-state index is 0.0529. The Morgan fingerprint density at radius 3 is 2.74 bits per heavy atom. The van der Waals surface area contributed by atoms with Gasteiger partial charge in [-0.25, -0.2) is 9.82 Å². The van der Waals surface area contributed by atoms with E-state index in [0.717, 1.165) is 18.6 Å². The molecule has 2 saturated carbocycles. The van der Waals surface area contributed by atoms with Crippen LogP contribution in [0.1, 0.15) is 40.0 Å². The first-order valence-corrected chi connectivity index (χ1v) is 8.08. The van der Waals surface area contributed by atoms with Crippen molar-refractivity contribution in [1.82, 2.24) is 5.43 Å². The van der Waals surface area contributed by atoms with Gasteiger partial charge in [0.05, 0.1) is 0 Å². The van der Waals surface area contributed by atoms with Crippen LogP contribution in [0.2, 0.25) is 0 Å². The van der Waals surface area contributed by atoms with E-state index in [1.54, 1.807) is 12.1 Å². The van der Waals surface area contributed by atoms with Gasteiger partial charge in [0.2, 0.25) is 0 Å². The number of para-hydroxylation sites is 1. The van der Waals surface area contributed by atoms with Gasteiger partial charge in [-0.3, -0.25) is 4.79 Å². The molecule has 23 heavy (non-hydrogen) atoms.